The van der Waals surface area contributed by atoms with Crippen LogP contribution in [0.25, 0.3) is 0 Å². The number of aliphatic imine (C=N–C) groups is 1. The number of hydrogen-bond acceptors (Lipinski definition) is 8. The highest BCUT2D eigenvalue weighted by Gasteiger charge is 2.54. The molecule has 0 radical (unpaired) electrons. The fraction of sp³-hybridized carbons (Fsp3) is 0.889. The van der Waals surface area contributed by atoms with Gasteiger partial charge in [0.2, 0.25) is 0 Å². The SMILES string of the molecule is O[C@@H]1[C@H](O)[C@@H]([C@H](O)C2CCC(Cl)C(Cl)C2)O[C@H]1N1CCC2/C(=N\OC(F)F)N=CNC21. The maximum atomic E-state index is 12.3. The minimum Gasteiger partial charge on any atom is -0.390 e. The Morgan fingerprint density at radius 1 is 1.23 bits per heavy atom. The number of hydrogen-bond donors (Lipinski definition) is 4. The Hall–Kier alpha value is -0.820. The van der Waals surface area contributed by atoms with Crippen molar-refractivity contribution in [3.05, 3.63) is 0 Å². The molecular weight excluding hydrogens is 461 g/mol. The minimum atomic E-state index is -3.05. The van der Waals surface area contributed by atoms with Crippen molar-refractivity contribution < 1.29 is 33.7 Å². The third-order valence-electron chi connectivity index (χ3n) is 6.59. The summed E-state index contributed by atoms with van der Waals surface area (Å²) in [7, 11) is 0. The Morgan fingerprint density at radius 2 is 2.00 bits per heavy atom. The highest BCUT2D eigenvalue weighted by atomic mass is 35.5. The predicted molar refractivity (Wildman–Crippen MR) is 108 cm³/mol. The van der Waals surface area contributed by atoms with Crippen LogP contribution in [0.15, 0.2) is 10.1 Å². The number of aliphatic hydroxyl groups is 3. The molecule has 0 amide bonds. The average molecular weight is 487 g/mol. The zero-order valence-electron chi connectivity index (χ0n) is 16.5. The number of aliphatic hydroxyl groups excluding tert-OH is 3. The highest BCUT2D eigenvalue weighted by Crippen LogP contribution is 2.39. The van der Waals surface area contributed by atoms with Gasteiger partial charge >= 0.3 is 6.61 Å². The van der Waals surface area contributed by atoms with Crippen LogP contribution in [0.1, 0.15) is 25.7 Å². The van der Waals surface area contributed by atoms with Crippen molar-refractivity contribution in [1.29, 1.82) is 0 Å². The Balaban J connectivity index is 1.44. The maximum Gasteiger partial charge on any atom is 0.407 e. The van der Waals surface area contributed by atoms with Crippen LogP contribution >= 0.6 is 23.2 Å². The molecule has 0 spiro atoms. The number of fused-ring (bicyclic) bond motifs is 1. The molecule has 5 unspecified atom stereocenters. The normalized spacial score (nSPS) is 45.7. The summed E-state index contributed by atoms with van der Waals surface area (Å²) >= 11 is 12.4. The minimum absolute atomic E-state index is 0.113. The molecule has 4 N–H and O–H groups in total. The Kier molecular flexibility index (Phi) is 7.21. The van der Waals surface area contributed by atoms with Gasteiger partial charge in [-0.05, 0) is 31.6 Å². The van der Waals surface area contributed by atoms with Gasteiger partial charge in [0.1, 0.15) is 24.5 Å². The molecule has 0 aromatic rings. The molecular formula is C18H26Cl2F2N4O5. The number of halogens is 4. The van der Waals surface area contributed by atoms with Gasteiger partial charge in [0.15, 0.2) is 5.84 Å². The van der Waals surface area contributed by atoms with Crippen molar-refractivity contribution in [2.24, 2.45) is 22.0 Å². The van der Waals surface area contributed by atoms with E-state index in [0.29, 0.717) is 32.2 Å². The largest absolute Gasteiger partial charge is 0.407 e. The molecule has 1 saturated carbocycles. The van der Waals surface area contributed by atoms with Crippen LogP contribution in [0, 0.1) is 11.8 Å². The summed E-state index contributed by atoms with van der Waals surface area (Å²) in [5.74, 6) is -0.460. The van der Waals surface area contributed by atoms with Crippen molar-refractivity contribution in [1.82, 2.24) is 10.2 Å². The van der Waals surface area contributed by atoms with E-state index in [-0.39, 0.29) is 28.4 Å². The van der Waals surface area contributed by atoms with Crippen molar-refractivity contribution in [2.75, 3.05) is 6.54 Å². The Morgan fingerprint density at radius 3 is 2.71 bits per heavy atom. The van der Waals surface area contributed by atoms with E-state index in [1.54, 1.807) is 4.90 Å². The number of rotatable bonds is 5. The van der Waals surface area contributed by atoms with E-state index < -0.39 is 43.4 Å². The molecule has 1 aliphatic carbocycles. The molecule has 0 aromatic carbocycles. The Labute approximate surface area is 188 Å². The van der Waals surface area contributed by atoms with E-state index in [0.717, 1.165) is 0 Å². The molecule has 0 aromatic heterocycles. The third kappa shape index (κ3) is 4.64. The van der Waals surface area contributed by atoms with Crippen molar-refractivity contribution in [2.45, 2.75) is 79.9 Å². The summed E-state index contributed by atoms with van der Waals surface area (Å²) in [6.45, 7) is -2.62. The zero-order valence-corrected chi connectivity index (χ0v) is 18.0. The van der Waals surface area contributed by atoms with Crippen LogP contribution < -0.4 is 5.32 Å². The van der Waals surface area contributed by atoms with Crippen LogP contribution in [0.4, 0.5) is 8.78 Å². The van der Waals surface area contributed by atoms with Gasteiger partial charge in [-0.15, -0.1) is 23.2 Å². The van der Waals surface area contributed by atoms with Gasteiger partial charge in [-0.2, -0.15) is 8.78 Å². The van der Waals surface area contributed by atoms with Crippen LogP contribution in [-0.4, -0.2) is 93.1 Å². The van der Waals surface area contributed by atoms with Crippen LogP contribution in [0.3, 0.4) is 0 Å². The fourth-order valence-corrected chi connectivity index (χ4v) is 5.56. The average Bonchev–Trinajstić information content (AvgIpc) is 3.29. The van der Waals surface area contributed by atoms with Gasteiger partial charge in [-0.1, -0.05) is 5.16 Å². The van der Waals surface area contributed by atoms with E-state index in [2.05, 4.69) is 20.3 Å². The number of amidine groups is 1. The van der Waals surface area contributed by atoms with E-state index in [1.807, 2.05) is 0 Å². The summed E-state index contributed by atoms with van der Waals surface area (Å²) < 4.78 is 30.6. The number of nitrogens with zero attached hydrogens (tertiary/aromatic N) is 3. The number of oxime groups is 1. The molecule has 176 valence electrons. The van der Waals surface area contributed by atoms with Gasteiger partial charge in [0.05, 0.1) is 29.9 Å². The molecule has 4 rings (SSSR count). The van der Waals surface area contributed by atoms with Gasteiger partial charge < -0.3 is 30.2 Å². The van der Waals surface area contributed by atoms with Crippen LogP contribution in [-0.2, 0) is 9.57 Å². The highest BCUT2D eigenvalue weighted by molar-refractivity contribution is 6.30. The summed E-state index contributed by atoms with van der Waals surface area (Å²) in [6, 6.07) is 0. The van der Waals surface area contributed by atoms with Gasteiger partial charge in [0, 0.05) is 11.9 Å². The van der Waals surface area contributed by atoms with Crippen molar-refractivity contribution >= 4 is 35.4 Å². The molecule has 2 saturated heterocycles. The standard InChI is InChI=1S/C18H26Cl2F2N4O5/c19-9-2-1-7(5-10(9)20)11(27)14-12(28)13(29)17(30-14)26-4-3-8-15(25-31-18(21)22)23-6-24-16(8)26/h6-14,16-18,27-29H,1-5H2,(H,23,24,25)/t7?,8?,9?,10?,11-,12+,13-,14-,16?,17-/m1/s1. The lowest BCUT2D eigenvalue weighted by molar-refractivity contribution is -0.134. The molecule has 10 atom stereocenters. The second-order valence-electron chi connectivity index (χ2n) is 8.39. The maximum absolute atomic E-state index is 12.3. The zero-order chi connectivity index (χ0) is 22.3. The van der Waals surface area contributed by atoms with E-state index in [4.69, 9.17) is 27.9 Å². The second-order valence-corrected chi connectivity index (χ2v) is 9.51. The lowest BCUT2D eigenvalue weighted by Gasteiger charge is -2.36. The van der Waals surface area contributed by atoms with Gasteiger partial charge in [-0.3, -0.25) is 4.90 Å². The molecule has 3 heterocycles. The van der Waals surface area contributed by atoms with Crippen molar-refractivity contribution in [3.8, 4) is 0 Å². The number of nitrogens with one attached hydrogen (secondary N) is 1. The van der Waals surface area contributed by atoms with E-state index in [9.17, 15) is 24.1 Å². The molecule has 13 heteroatoms. The Bertz CT molecular complexity index is 708. The van der Waals surface area contributed by atoms with Crippen LogP contribution in [0.2, 0.25) is 0 Å². The third-order valence-corrected chi connectivity index (χ3v) is 7.73. The smallest absolute Gasteiger partial charge is 0.390 e. The topological polar surface area (TPSA) is 119 Å². The monoisotopic (exact) mass is 486 g/mol. The summed E-state index contributed by atoms with van der Waals surface area (Å²) in [5.41, 5.74) is 0. The lowest BCUT2D eigenvalue weighted by Crippen LogP contribution is -2.55. The first-order chi connectivity index (χ1) is 14.8. The molecule has 31 heavy (non-hydrogen) atoms. The number of ether oxygens (including phenoxy) is 1. The first-order valence-corrected chi connectivity index (χ1v) is 11.2. The summed E-state index contributed by atoms with van der Waals surface area (Å²) in [4.78, 5) is 9.78. The predicted octanol–water partition coefficient (Wildman–Crippen LogP) is 0.641. The number of alkyl halides is 4. The van der Waals surface area contributed by atoms with E-state index in [1.165, 1.54) is 6.34 Å². The first kappa shape index (κ1) is 23.3. The first-order valence-electron chi connectivity index (χ1n) is 10.3. The number of likely N-dealkylation sites (tertiary alicyclic amines) is 1. The van der Waals surface area contributed by atoms with E-state index >= 15 is 0 Å². The fourth-order valence-electron chi connectivity index (χ4n) is 4.97. The summed E-state index contributed by atoms with van der Waals surface area (Å²) in [5, 5.41) is 38.1. The molecule has 9 nitrogen and oxygen atoms in total. The molecule has 3 fully saturated rings. The van der Waals surface area contributed by atoms with Crippen molar-refractivity contribution in [3.63, 3.8) is 0 Å². The molecule has 0 bridgehead atoms. The molecule has 4 aliphatic rings. The van der Waals surface area contributed by atoms with Gasteiger partial charge in [-0.25, -0.2) is 4.99 Å². The molecule has 3 aliphatic heterocycles. The van der Waals surface area contributed by atoms with Crippen LogP contribution in [0.5, 0.6) is 0 Å². The summed E-state index contributed by atoms with van der Waals surface area (Å²) in [6.07, 6.45) is -2.33. The van der Waals surface area contributed by atoms with Gasteiger partial charge in [0.25, 0.3) is 0 Å². The second kappa shape index (κ2) is 9.58. The lowest BCUT2D eigenvalue weighted by atomic mass is 9.81. The quantitative estimate of drug-likeness (QED) is 0.332.